The Bertz CT molecular complexity index is 963. The van der Waals surface area contributed by atoms with E-state index in [-0.39, 0.29) is 16.5 Å². The van der Waals surface area contributed by atoms with Crippen molar-refractivity contribution in [1.82, 2.24) is 9.97 Å². The number of carboxylic acids is 1. The van der Waals surface area contributed by atoms with Gasteiger partial charge in [0.2, 0.25) is 0 Å². The van der Waals surface area contributed by atoms with Gasteiger partial charge in [0.1, 0.15) is 11.6 Å². The molecule has 2 N–H and O–H groups in total. The van der Waals surface area contributed by atoms with Crippen LogP contribution in [0.2, 0.25) is 0 Å². The van der Waals surface area contributed by atoms with Gasteiger partial charge in [-0.15, -0.1) is 0 Å². The largest absolute Gasteiger partial charge is 0.493 e. The molecule has 0 saturated carbocycles. The molecular weight excluding hydrogens is 308 g/mol. The smallest absolute Gasteiger partial charge is 0.335 e. The summed E-state index contributed by atoms with van der Waals surface area (Å²) in [6, 6.07) is 11.6. The highest BCUT2D eigenvalue weighted by Gasteiger charge is 2.12. The van der Waals surface area contributed by atoms with Gasteiger partial charge in [0, 0.05) is 0 Å². The molecule has 0 radical (unpaired) electrons. The summed E-state index contributed by atoms with van der Waals surface area (Å²) < 4.78 is 5.70. The summed E-state index contributed by atoms with van der Waals surface area (Å²) in [6.45, 7) is 2.58. The summed E-state index contributed by atoms with van der Waals surface area (Å²) >= 11 is 0. The van der Waals surface area contributed by atoms with Crippen LogP contribution < -0.4 is 10.3 Å². The molecule has 0 aliphatic carbocycles. The number of benzene rings is 2. The lowest BCUT2D eigenvalue weighted by Crippen LogP contribution is -2.11. The Hall–Kier alpha value is -3.15. The van der Waals surface area contributed by atoms with E-state index in [9.17, 15) is 9.59 Å². The number of aromatic carboxylic acids is 1. The zero-order valence-corrected chi connectivity index (χ0v) is 13.1. The molecule has 24 heavy (non-hydrogen) atoms. The van der Waals surface area contributed by atoms with Gasteiger partial charge in [-0.25, -0.2) is 9.78 Å². The third-order valence-corrected chi connectivity index (χ3v) is 3.56. The second kappa shape index (κ2) is 6.54. The second-order valence-electron chi connectivity index (χ2n) is 5.30. The van der Waals surface area contributed by atoms with Crippen LogP contribution >= 0.6 is 0 Å². The van der Waals surface area contributed by atoms with Crippen molar-refractivity contribution in [3.63, 3.8) is 0 Å². The maximum absolute atomic E-state index is 12.3. The van der Waals surface area contributed by atoms with E-state index in [4.69, 9.17) is 9.84 Å². The van der Waals surface area contributed by atoms with Crippen molar-refractivity contribution < 1.29 is 14.6 Å². The summed E-state index contributed by atoms with van der Waals surface area (Å²) in [7, 11) is 0. The number of H-pyrrole nitrogens is 1. The predicted octanol–water partition coefficient (Wildman–Crippen LogP) is 3.08. The van der Waals surface area contributed by atoms with Crippen molar-refractivity contribution in [3.8, 4) is 17.1 Å². The molecule has 1 heterocycles. The number of aromatic nitrogens is 2. The molecule has 0 amide bonds. The van der Waals surface area contributed by atoms with Crippen LogP contribution in [0.1, 0.15) is 23.7 Å². The van der Waals surface area contributed by atoms with Gasteiger partial charge in [-0.1, -0.05) is 19.1 Å². The number of carboxylic acid groups (broad SMARTS) is 1. The Morgan fingerprint density at radius 1 is 1.25 bits per heavy atom. The minimum absolute atomic E-state index is 0.0502. The lowest BCUT2D eigenvalue weighted by Gasteiger charge is -2.10. The lowest BCUT2D eigenvalue weighted by molar-refractivity contribution is 0.0697. The number of nitrogens with one attached hydrogen (secondary N) is 1. The van der Waals surface area contributed by atoms with Crippen molar-refractivity contribution in [3.05, 3.63) is 58.4 Å². The Morgan fingerprint density at radius 2 is 2.04 bits per heavy atom. The molecule has 0 saturated heterocycles. The summed E-state index contributed by atoms with van der Waals surface area (Å²) in [5, 5.41) is 9.28. The summed E-state index contributed by atoms with van der Waals surface area (Å²) in [4.78, 5) is 30.5. The van der Waals surface area contributed by atoms with Crippen molar-refractivity contribution in [2.75, 3.05) is 6.61 Å². The molecule has 6 heteroatoms. The monoisotopic (exact) mass is 324 g/mol. The van der Waals surface area contributed by atoms with Crippen LogP contribution in [0.4, 0.5) is 0 Å². The fourth-order valence-corrected chi connectivity index (χ4v) is 2.40. The van der Waals surface area contributed by atoms with Gasteiger partial charge < -0.3 is 14.8 Å². The standard InChI is InChI=1S/C18H16N2O4/c1-2-9-24-15-6-4-3-5-12(15)16-19-14-8-7-11(18(22)23)10-13(14)17(21)20-16/h3-8,10H,2,9H2,1H3,(H,22,23)(H,19,20,21). The molecule has 6 nitrogen and oxygen atoms in total. The van der Waals surface area contributed by atoms with Crippen LogP contribution in [0.3, 0.4) is 0 Å². The average Bonchev–Trinajstić information content (AvgIpc) is 2.59. The number of ether oxygens (including phenoxy) is 1. The van der Waals surface area contributed by atoms with Crippen molar-refractivity contribution in [2.24, 2.45) is 0 Å². The predicted molar refractivity (Wildman–Crippen MR) is 90.5 cm³/mol. The first kappa shape index (κ1) is 15.7. The highest BCUT2D eigenvalue weighted by molar-refractivity contribution is 5.93. The molecule has 1 aromatic heterocycles. The zero-order chi connectivity index (χ0) is 17.1. The summed E-state index contributed by atoms with van der Waals surface area (Å²) in [6.07, 6.45) is 0.869. The maximum Gasteiger partial charge on any atom is 0.335 e. The number of para-hydroxylation sites is 1. The maximum atomic E-state index is 12.3. The number of hydrogen-bond acceptors (Lipinski definition) is 4. The molecule has 0 spiro atoms. The molecule has 0 bridgehead atoms. The number of rotatable bonds is 5. The number of hydrogen-bond donors (Lipinski definition) is 2. The summed E-state index contributed by atoms with van der Waals surface area (Å²) in [5.41, 5.74) is 0.786. The SMILES string of the molecule is CCCOc1ccccc1-c1nc2ccc(C(=O)O)cc2c(=O)[nH]1. The van der Waals surface area contributed by atoms with E-state index in [1.807, 2.05) is 31.2 Å². The van der Waals surface area contributed by atoms with E-state index in [0.717, 1.165) is 6.42 Å². The molecule has 3 rings (SSSR count). The van der Waals surface area contributed by atoms with Crippen LogP contribution in [-0.2, 0) is 0 Å². The summed E-state index contributed by atoms with van der Waals surface area (Å²) in [5.74, 6) is -0.0510. The van der Waals surface area contributed by atoms with Gasteiger partial charge in [0.25, 0.3) is 5.56 Å². The third-order valence-electron chi connectivity index (χ3n) is 3.56. The number of aromatic amines is 1. The van der Waals surface area contributed by atoms with Gasteiger partial charge in [0.05, 0.1) is 28.6 Å². The first-order valence-electron chi connectivity index (χ1n) is 7.59. The van der Waals surface area contributed by atoms with Gasteiger partial charge in [-0.3, -0.25) is 4.79 Å². The molecule has 0 fully saturated rings. The van der Waals surface area contributed by atoms with Crippen LogP contribution in [0, 0.1) is 0 Å². The highest BCUT2D eigenvalue weighted by Crippen LogP contribution is 2.27. The number of fused-ring (bicyclic) bond motifs is 1. The molecule has 3 aromatic rings. The topological polar surface area (TPSA) is 92.3 Å². The van der Waals surface area contributed by atoms with E-state index < -0.39 is 5.97 Å². The van der Waals surface area contributed by atoms with Gasteiger partial charge >= 0.3 is 5.97 Å². The molecule has 0 aliphatic rings. The number of carbonyl (C=O) groups is 1. The molecule has 0 atom stereocenters. The lowest BCUT2D eigenvalue weighted by atomic mass is 10.1. The van der Waals surface area contributed by atoms with Crippen LogP contribution in [-0.4, -0.2) is 27.7 Å². The molecule has 0 aliphatic heterocycles. The second-order valence-corrected chi connectivity index (χ2v) is 5.30. The fourth-order valence-electron chi connectivity index (χ4n) is 2.40. The minimum atomic E-state index is -1.08. The first-order chi connectivity index (χ1) is 11.6. The molecule has 0 unspecified atom stereocenters. The van der Waals surface area contributed by atoms with E-state index in [0.29, 0.717) is 29.3 Å². The van der Waals surface area contributed by atoms with Crippen LogP contribution in [0.25, 0.3) is 22.3 Å². The Labute approximate surface area is 137 Å². The first-order valence-corrected chi connectivity index (χ1v) is 7.59. The quantitative estimate of drug-likeness (QED) is 0.752. The third kappa shape index (κ3) is 2.99. The Balaban J connectivity index is 2.14. The minimum Gasteiger partial charge on any atom is -0.493 e. The van der Waals surface area contributed by atoms with Gasteiger partial charge in [-0.2, -0.15) is 0 Å². The van der Waals surface area contributed by atoms with Crippen molar-refractivity contribution in [2.45, 2.75) is 13.3 Å². The average molecular weight is 324 g/mol. The van der Waals surface area contributed by atoms with Crippen molar-refractivity contribution >= 4 is 16.9 Å². The normalized spacial score (nSPS) is 10.7. The number of nitrogens with zero attached hydrogens (tertiary/aromatic N) is 1. The van der Waals surface area contributed by atoms with E-state index in [1.165, 1.54) is 18.2 Å². The van der Waals surface area contributed by atoms with E-state index in [2.05, 4.69) is 9.97 Å². The fraction of sp³-hybridized carbons (Fsp3) is 0.167. The van der Waals surface area contributed by atoms with Gasteiger partial charge in [0.15, 0.2) is 0 Å². The van der Waals surface area contributed by atoms with E-state index >= 15 is 0 Å². The highest BCUT2D eigenvalue weighted by atomic mass is 16.5. The molecular formula is C18H16N2O4. The van der Waals surface area contributed by atoms with Crippen LogP contribution in [0.15, 0.2) is 47.3 Å². The van der Waals surface area contributed by atoms with Gasteiger partial charge in [-0.05, 0) is 36.8 Å². The molecule has 122 valence electrons. The van der Waals surface area contributed by atoms with Crippen LogP contribution in [0.5, 0.6) is 5.75 Å². The Kier molecular flexibility index (Phi) is 4.29. The van der Waals surface area contributed by atoms with Crippen molar-refractivity contribution in [1.29, 1.82) is 0 Å². The zero-order valence-electron chi connectivity index (χ0n) is 13.1. The molecule has 2 aromatic carbocycles. The van der Waals surface area contributed by atoms with E-state index in [1.54, 1.807) is 0 Å². The Morgan fingerprint density at radius 3 is 2.79 bits per heavy atom.